The van der Waals surface area contributed by atoms with Gasteiger partial charge in [-0.2, -0.15) is 4.99 Å². The molecule has 10 heteroatoms. The van der Waals surface area contributed by atoms with E-state index in [1.54, 1.807) is 0 Å². The van der Waals surface area contributed by atoms with Crippen molar-refractivity contribution in [2.24, 2.45) is 26.4 Å². The lowest BCUT2D eigenvalue weighted by Crippen LogP contribution is -2.24. The van der Waals surface area contributed by atoms with Crippen LogP contribution in [-0.2, 0) is 0 Å². The van der Waals surface area contributed by atoms with E-state index in [0.29, 0.717) is 30.2 Å². The molecule has 164 valence electrons. The maximum atomic E-state index is 11.8. The number of nitrogens with two attached hydrogens (primary N) is 2. The van der Waals surface area contributed by atoms with E-state index in [0.717, 1.165) is 24.5 Å². The monoisotopic (exact) mass is 433 g/mol. The molecular formula is C22H23N7O3. The summed E-state index contributed by atoms with van der Waals surface area (Å²) in [4.78, 5) is 27.0. The lowest BCUT2D eigenvalue weighted by Gasteiger charge is -2.16. The average Bonchev–Trinajstić information content (AvgIpc) is 3.20. The summed E-state index contributed by atoms with van der Waals surface area (Å²) in [6.45, 7) is 2.06. The van der Waals surface area contributed by atoms with Crippen LogP contribution in [0.4, 0.5) is 0 Å². The number of benzene rings is 2. The van der Waals surface area contributed by atoms with E-state index in [4.69, 9.17) is 26.4 Å². The van der Waals surface area contributed by atoms with E-state index in [1.807, 2.05) is 31.3 Å². The highest BCUT2D eigenvalue weighted by molar-refractivity contribution is 6.02. The predicted octanol–water partition coefficient (Wildman–Crippen LogP) is 1.38. The second-order valence-corrected chi connectivity index (χ2v) is 7.27. The highest BCUT2D eigenvalue weighted by atomic mass is 16.5. The standard InChI is InChI=1S/C22H23N7O3/c1-29-10-9-26-21(29)14-3-2-4-15(11-14)31-22-27-8-7-18(28-22)32-17-12-13(19(23)24)5-6-16(17)20(25)30/h2-6,11-12H,7-10H2,1H3,(H3,23,24)(H2,25,30). The Kier molecular flexibility index (Phi) is 5.84. The van der Waals surface area contributed by atoms with Gasteiger partial charge in [-0.25, -0.2) is 4.99 Å². The van der Waals surface area contributed by atoms with E-state index in [-0.39, 0.29) is 23.2 Å². The third-order valence-electron chi connectivity index (χ3n) is 4.94. The zero-order valence-corrected chi connectivity index (χ0v) is 17.5. The molecule has 2 aliphatic heterocycles. The van der Waals surface area contributed by atoms with Crippen LogP contribution in [0.3, 0.4) is 0 Å². The van der Waals surface area contributed by atoms with Crippen LogP contribution in [-0.4, -0.2) is 61.1 Å². The number of aliphatic imine (C=N–C) groups is 3. The first kappa shape index (κ1) is 21.0. The Labute approximate surface area is 184 Å². The Bertz CT molecular complexity index is 1170. The number of nitrogens with one attached hydrogen (secondary N) is 1. The van der Waals surface area contributed by atoms with Crippen LogP contribution in [0.5, 0.6) is 11.5 Å². The molecule has 2 aromatic carbocycles. The molecule has 0 atom stereocenters. The van der Waals surface area contributed by atoms with Gasteiger partial charge >= 0.3 is 6.02 Å². The number of carbonyl (C=O) groups excluding carboxylic acids is 1. The fourth-order valence-electron chi connectivity index (χ4n) is 3.33. The predicted molar refractivity (Wildman–Crippen MR) is 122 cm³/mol. The van der Waals surface area contributed by atoms with Gasteiger partial charge in [0.15, 0.2) is 0 Å². The molecule has 10 nitrogen and oxygen atoms in total. The first-order valence-electron chi connectivity index (χ1n) is 10.0. The average molecular weight is 433 g/mol. The Morgan fingerprint density at radius 2 is 1.94 bits per heavy atom. The van der Waals surface area contributed by atoms with Crippen LogP contribution >= 0.6 is 0 Å². The second-order valence-electron chi connectivity index (χ2n) is 7.27. The molecule has 32 heavy (non-hydrogen) atoms. The highest BCUT2D eigenvalue weighted by Gasteiger charge is 2.19. The van der Waals surface area contributed by atoms with E-state index in [1.165, 1.54) is 18.2 Å². The summed E-state index contributed by atoms with van der Waals surface area (Å²) in [5, 5.41) is 7.60. The number of amides is 1. The van der Waals surface area contributed by atoms with Crippen molar-refractivity contribution in [2.45, 2.75) is 6.42 Å². The molecule has 0 saturated heterocycles. The third-order valence-corrected chi connectivity index (χ3v) is 4.94. The van der Waals surface area contributed by atoms with Crippen molar-refractivity contribution in [3.05, 3.63) is 59.2 Å². The molecule has 4 rings (SSSR count). The van der Waals surface area contributed by atoms with Gasteiger partial charge in [0, 0.05) is 31.1 Å². The largest absolute Gasteiger partial charge is 0.442 e. The molecule has 0 saturated carbocycles. The molecule has 2 heterocycles. The van der Waals surface area contributed by atoms with Crippen LogP contribution in [0.1, 0.15) is 27.9 Å². The van der Waals surface area contributed by atoms with Crippen LogP contribution < -0.4 is 20.9 Å². The van der Waals surface area contributed by atoms with Gasteiger partial charge in [0.25, 0.3) is 5.91 Å². The van der Waals surface area contributed by atoms with Gasteiger partial charge in [-0.3, -0.25) is 15.2 Å². The molecule has 0 aromatic heterocycles. The van der Waals surface area contributed by atoms with E-state index < -0.39 is 5.91 Å². The molecular weight excluding hydrogens is 410 g/mol. The molecule has 0 spiro atoms. The zero-order valence-electron chi connectivity index (χ0n) is 17.5. The first-order valence-corrected chi connectivity index (χ1v) is 10.0. The van der Waals surface area contributed by atoms with Crippen molar-refractivity contribution in [3.63, 3.8) is 0 Å². The summed E-state index contributed by atoms with van der Waals surface area (Å²) < 4.78 is 11.7. The molecule has 0 fully saturated rings. The number of hydrogen-bond acceptors (Lipinski definition) is 8. The van der Waals surface area contributed by atoms with Gasteiger partial charge in [-0.15, -0.1) is 0 Å². The van der Waals surface area contributed by atoms with Gasteiger partial charge in [-0.1, -0.05) is 18.2 Å². The van der Waals surface area contributed by atoms with E-state index in [9.17, 15) is 4.79 Å². The number of nitrogens with zero attached hydrogens (tertiary/aromatic N) is 4. The molecule has 0 unspecified atom stereocenters. The number of likely N-dealkylation sites (N-methyl/N-ethyl adjacent to an activating group) is 1. The fourth-order valence-corrected chi connectivity index (χ4v) is 3.33. The molecule has 0 aliphatic carbocycles. The zero-order chi connectivity index (χ0) is 22.7. The van der Waals surface area contributed by atoms with Crippen molar-refractivity contribution >= 4 is 29.5 Å². The Balaban J connectivity index is 1.53. The molecule has 5 N–H and O–H groups in total. The lowest BCUT2D eigenvalue weighted by atomic mass is 10.1. The second kappa shape index (κ2) is 8.88. The van der Waals surface area contributed by atoms with Crippen molar-refractivity contribution in [1.82, 2.24) is 4.90 Å². The van der Waals surface area contributed by atoms with Crippen molar-refractivity contribution in [1.29, 1.82) is 5.41 Å². The topological polar surface area (TPSA) is 152 Å². The normalized spacial score (nSPS) is 15.5. The lowest BCUT2D eigenvalue weighted by molar-refractivity contribution is 0.0998. The molecule has 0 bridgehead atoms. The number of ether oxygens (including phenoxy) is 2. The maximum Gasteiger partial charge on any atom is 0.320 e. The summed E-state index contributed by atoms with van der Waals surface area (Å²) in [6.07, 6.45) is 0.414. The number of rotatable bonds is 5. The van der Waals surface area contributed by atoms with Crippen molar-refractivity contribution < 1.29 is 14.3 Å². The van der Waals surface area contributed by atoms with Gasteiger partial charge in [0.1, 0.15) is 23.2 Å². The molecule has 2 aliphatic rings. The smallest absolute Gasteiger partial charge is 0.320 e. The highest BCUT2D eigenvalue weighted by Crippen LogP contribution is 2.22. The number of amidine groups is 3. The quantitative estimate of drug-likeness (QED) is 0.480. The van der Waals surface area contributed by atoms with Gasteiger partial charge in [0.05, 0.1) is 18.7 Å². The van der Waals surface area contributed by atoms with Crippen LogP contribution in [0.15, 0.2) is 57.4 Å². The fraction of sp³-hybridized carbons (Fsp3) is 0.227. The molecule has 2 aromatic rings. The van der Waals surface area contributed by atoms with E-state index >= 15 is 0 Å². The summed E-state index contributed by atoms with van der Waals surface area (Å²) in [5.41, 5.74) is 12.5. The minimum absolute atomic E-state index is 0.147. The van der Waals surface area contributed by atoms with Gasteiger partial charge in [-0.05, 0) is 24.3 Å². The number of nitrogen functional groups attached to an aromatic ring is 1. The number of hydrogen-bond donors (Lipinski definition) is 3. The SMILES string of the molecule is CN1CCN=C1c1cccc(OC2=NCCC(Oc3cc(C(=N)N)ccc3C(N)=O)=N2)c1. The number of carbonyl (C=O) groups is 1. The minimum atomic E-state index is -0.659. The maximum absolute atomic E-state index is 11.8. The van der Waals surface area contributed by atoms with Crippen LogP contribution in [0.2, 0.25) is 0 Å². The minimum Gasteiger partial charge on any atom is -0.442 e. The first-order chi connectivity index (χ1) is 15.4. The Morgan fingerprint density at radius 3 is 2.66 bits per heavy atom. The molecule has 0 radical (unpaired) electrons. The van der Waals surface area contributed by atoms with Crippen molar-refractivity contribution in [2.75, 3.05) is 26.7 Å². The molecule has 1 amide bonds. The van der Waals surface area contributed by atoms with Crippen LogP contribution in [0, 0.1) is 5.41 Å². The van der Waals surface area contributed by atoms with E-state index in [2.05, 4.69) is 19.9 Å². The number of primary amides is 1. The Hall–Kier alpha value is -4.21. The third kappa shape index (κ3) is 4.59. The van der Waals surface area contributed by atoms with Crippen molar-refractivity contribution in [3.8, 4) is 11.5 Å². The van der Waals surface area contributed by atoms with Crippen LogP contribution in [0.25, 0.3) is 0 Å². The summed E-state index contributed by atoms with van der Waals surface area (Å²) in [5.74, 6) is 1.17. The Morgan fingerprint density at radius 1 is 1.09 bits per heavy atom. The van der Waals surface area contributed by atoms with Gasteiger partial charge < -0.3 is 25.8 Å². The summed E-state index contributed by atoms with van der Waals surface area (Å²) in [7, 11) is 2.00. The summed E-state index contributed by atoms with van der Waals surface area (Å²) >= 11 is 0. The van der Waals surface area contributed by atoms with Gasteiger partial charge in [0.2, 0.25) is 5.90 Å². The summed E-state index contributed by atoms with van der Waals surface area (Å²) in [6, 6.07) is 12.2.